The molecule has 10 heteroatoms. The van der Waals surface area contributed by atoms with Gasteiger partial charge in [0.05, 0.1) is 36.8 Å². The van der Waals surface area contributed by atoms with Gasteiger partial charge < -0.3 is 14.7 Å². The molecule has 172 valence electrons. The molecule has 1 aliphatic heterocycles. The molecule has 0 saturated carbocycles. The maximum absolute atomic E-state index is 14.1. The van der Waals surface area contributed by atoms with Crippen molar-refractivity contribution < 1.29 is 28.2 Å². The number of ether oxygens (including phenoxy) is 1. The molecule has 2 heterocycles. The zero-order chi connectivity index (χ0) is 23.7. The molecule has 0 saturated heterocycles. The van der Waals surface area contributed by atoms with Crippen LogP contribution in [-0.2, 0) is 11.3 Å². The number of amides is 2. The molecular formula is C23H22F2N4O4. The standard InChI is InChI=1S/C23H22F2N4O4/c1-14-12-28(23(32)33-22-6-4-18(24)10-19(22)25)21-9-16(3-5-20(21)29(14)15(2)31)17-11-26-27(13-17)7-8-30/h3-6,9-11,13-14,30H,7-8,12H2,1-2H3. The summed E-state index contributed by atoms with van der Waals surface area (Å²) in [4.78, 5) is 28.2. The van der Waals surface area contributed by atoms with Crippen LogP contribution in [0, 0.1) is 11.6 Å². The summed E-state index contributed by atoms with van der Waals surface area (Å²) in [5, 5.41) is 13.3. The van der Waals surface area contributed by atoms with Crippen molar-refractivity contribution in [3.05, 3.63) is 60.4 Å². The normalized spacial score (nSPS) is 15.4. The minimum Gasteiger partial charge on any atom is -0.407 e. The second kappa shape index (κ2) is 8.99. The molecule has 8 nitrogen and oxygen atoms in total. The molecule has 0 bridgehead atoms. The summed E-state index contributed by atoms with van der Waals surface area (Å²) in [6.07, 6.45) is 2.52. The van der Waals surface area contributed by atoms with Gasteiger partial charge in [-0.3, -0.25) is 14.4 Å². The highest BCUT2D eigenvalue weighted by atomic mass is 19.1. The fraction of sp³-hybridized carbons (Fsp3) is 0.261. The number of aromatic nitrogens is 2. The molecule has 1 N–H and O–H groups in total. The van der Waals surface area contributed by atoms with Crippen molar-refractivity contribution >= 4 is 23.4 Å². The number of halogens is 2. The number of hydrogen-bond acceptors (Lipinski definition) is 5. The van der Waals surface area contributed by atoms with Crippen LogP contribution < -0.4 is 14.5 Å². The quantitative estimate of drug-likeness (QED) is 0.649. The Labute approximate surface area is 188 Å². The van der Waals surface area contributed by atoms with Gasteiger partial charge in [0.15, 0.2) is 11.6 Å². The first-order chi connectivity index (χ1) is 15.8. The van der Waals surface area contributed by atoms with E-state index in [1.165, 1.54) is 11.8 Å². The summed E-state index contributed by atoms with van der Waals surface area (Å²) >= 11 is 0. The lowest BCUT2D eigenvalue weighted by atomic mass is 10.0. The van der Waals surface area contributed by atoms with Crippen LogP contribution >= 0.6 is 0 Å². The average Bonchev–Trinajstić information content (AvgIpc) is 3.23. The van der Waals surface area contributed by atoms with Crippen LogP contribution in [0.1, 0.15) is 13.8 Å². The Kier molecular flexibility index (Phi) is 6.10. The van der Waals surface area contributed by atoms with Gasteiger partial charge in [-0.05, 0) is 36.8 Å². The van der Waals surface area contributed by atoms with Crippen LogP contribution in [0.2, 0.25) is 0 Å². The number of rotatable bonds is 4. The van der Waals surface area contributed by atoms with Crippen molar-refractivity contribution in [1.29, 1.82) is 0 Å². The zero-order valence-corrected chi connectivity index (χ0v) is 18.0. The Morgan fingerprint density at radius 3 is 2.64 bits per heavy atom. The highest BCUT2D eigenvalue weighted by molar-refractivity contribution is 6.03. The van der Waals surface area contributed by atoms with Gasteiger partial charge in [-0.2, -0.15) is 5.10 Å². The maximum atomic E-state index is 14.1. The van der Waals surface area contributed by atoms with Gasteiger partial charge in [0.25, 0.3) is 0 Å². The number of hydrogen-bond donors (Lipinski definition) is 1. The van der Waals surface area contributed by atoms with Crippen molar-refractivity contribution in [2.75, 3.05) is 23.0 Å². The Morgan fingerprint density at radius 1 is 1.15 bits per heavy atom. The van der Waals surface area contributed by atoms with Gasteiger partial charge in [-0.1, -0.05) is 6.07 Å². The molecule has 1 aliphatic rings. The molecule has 0 radical (unpaired) electrons. The lowest BCUT2D eigenvalue weighted by molar-refractivity contribution is -0.117. The van der Waals surface area contributed by atoms with Crippen LogP contribution in [0.25, 0.3) is 11.1 Å². The lowest BCUT2D eigenvalue weighted by Gasteiger charge is -2.40. The smallest absolute Gasteiger partial charge is 0.407 e. The summed E-state index contributed by atoms with van der Waals surface area (Å²) in [5.41, 5.74) is 2.38. The molecule has 1 unspecified atom stereocenters. The molecule has 4 rings (SSSR count). The van der Waals surface area contributed by atoms with Crippen molar-refractivity contribution in [3.8, 4) is 16.9 Å². The summed E-state index contributed by atoms with van der Waals surface area (Å²) < 4.78 is 34.1. The fourth-order valence-corrected chi connectivity index (χ4v) is 3.90. The van der Waals surface area contributed by atoms with E-state index in [1.807, 2.05) is 0 Å². The lowest BCUT2D eigenvalue weighted by Crippen LogP contribution is -2.52. The molecule has 1 aromatic heterocycles. The number of anilines is 2. The molecular weight excluding hydrogens is 434 g/mol. The summed E-state index contributed by atoms with van der Waals surface area (Å²) in [6.45, 7) is 3.62. The first-order valence-corrected chi connectivity index (χ1v) is 10.3. The predicted octanol–water partition coefficient (Wildman–Crippen LogP) is 3.58. The summed E-state index contributed by atoms with van der Waals surface area (Å²) in [5.74, 6) is -2.37. The highest BCUT2D eigenvalue weighted by Gasteiger charge is 2.35. The zero-order valence-electron chi connectivity index (χ0n) is 18.0. The molecule has 0 spiro atoms. The third-order valence-electron chi connectivity index (χ3n) is 5.36. The van der Waals surface area contributed by atoms with Crippen LogP contribution in [0.15, 0.2) is 48.8 Å². The monoisotopic (exact) mass is 456 g/mol. The van der Waals surface area contributed by atoms with Crippen molar-refractivity contribution in [1.82, 2.24) is 9.78 Å². The summed E-state index contributed by atoms with van der Waals surface area (Å²) in [7, 11) is 0. The van der Waals surface area contributed by atoms with Crippen molar-refractivity contribution in [2.24, 2.45) is 0 Å². The van der Waals surface area contributed by atoms with E-state index in [0.717, 1.165) is 23.3 Å². The molecule has 1 atom stereocenters. The van der Waals surface area contributed by atoms with E-state index in [-0.39, 0.29) is 25.1 Å². The first-order valence-electron chi connectivity index (χ1n) is 10.3. The third kappa shape index (κ3) is 4.42. The van der Waals surface area contributed by atoms with E-state index in [4.69, 9.17) is 9.84 Å². The number of benzene rings is 2. The van der Waals surface area contributed by atoms with E-state index < -0.39 is 23.5 Å². The molecule has 2 amide bonds. The number of aliphatic hydroxyl groups is 1. The van der Waals surface area contributed by atoms with E-state index in [9.17, 15) is 18.4 Å². The van der Waals surface area contributed by atoms with Crippen LogP contribution in [0.5, 0.6) is 5.75 Å². The molecule has 33 heavy (non-hydrogen) atoms. The van der Waals surface area contributed by atoms with E-state index in [2.05, 4.69) is 5.10 Å². The van der Waals surface area contributed by atoms with Crippen LogP contribution in [0.4, 0.5) is 25.0 Å². The Balaban J connectivity index is 1.73. The number of carbonyl (C=O) groups excluding carboxylic acids is 2. The van der Waals surface area contributed by atoms with Gasteiger partial charge >= 0.3 is 6.09 Å². The molecule has 0 fully saturated rings. The number of aliphatic hydroxyl groups excluding tert-OH is 1. The Hall–Kier alpha value is -3.79. The SMILES string of the molecule is CC(=O)N1c2ccc(-c3cnn(CCO)c3)cc2N(C(=O)Oc2ccc(F)cc2F)CC1C. The van der Waals surface area contributed by atoms with Gasteiger partial charge in [0.1, 0.15) is 5.82 Å². The molecule has 3 aromatic rings. The molecule has 0 aliphatic carbocycles. The Bertz CT molecular complexity index is 1210. The van der Waals surface area contributed by atoms with Gasteiger partial charge in [0.2, 0.25) is 5.91 Å². The number of fused-ring (bicyclic) bond motifs is 1. The van der Waals surface area contributed by atoms with Crippen LogP contribution in [-0.4, -0.2) is 46.1 Å². The maximum Gasteiger partial charge on any atom is 0.419 e. The largest absolute Gasteiger partial charge is 0.419 e. The van der Waals surface area contributed by atoms with Crippen molar-refractivity contribution in [2.45, 2.75) is 26.4 Å². The van der Waals surface area contributed by atoms with E-state index >= 15 is 0 Å². The molecule has 2 aromatic carbocycles. The minimum absolute atomic E-state index is 0.0592. The van der Waals surface area contributed by atoms with Gasteiger partial charge in [-0.25, -0.2) is 13.6 Å². The van der Waals surface area contributed by atoms with Crippen molar-refractivity contribution in [3.63, 3.8) is 0 Å². The average molecular weight is 456 g/mol. The topological polar surface area (TPSA) is 87.9 Å². The second-order valence-corrected chi connectivity index (χ2v) is 7.71. The fourth-order valence-electron chi connectivity index (χ4n) is 3.90. The number of carbonyl (C=O) groups is 2. The third-order valence-corrected chi connectivity index (χ3v) is 5.36. The van der Waals surface area contributed by atoms with E-state index in [0.29, 0.717) is 24.0 Å². The van der Waals surface area contributed by atoms with Gasteiger partial charge in [-0.15, -0.1) is 0 Å². The van der Waals surface area contributed by atoms with E-state index in [1.54, 1.807) is 47.1 Å². The second-order valence-electron chi connectivity index (χ2n) is 7.71. The highest BCUT2D eigenvalue weighted by Crippen LogP contribution is 2.39. The van der Waals surface area contributed by atoms with Gasteiger partial charge in [0, 0.05) is 31.3 Å². The summed E-state index contributed by atoms with van der Waals surface area (Å²) in [6, 6.07) is 7.57. The predicted molar refractivity (Wildman–Crippen MR) is 117 cm³/mol. The number of nitrogens with zero attached hydrogens (tertiary/aromatic N) is 4. The minimum atomic E-state index is -0.996. The Morgan fingerprint density at radius 2 is 1.94 bits per heavy atom. The first kappa shape index (κ1) is 22.4. The van der Waals surface area contributed by atoms with Crippen LogP contribution in [0.3, 0.4) is 0 Å².